The summed E-state index contributed by atoms with van der Waals surface area (Å²) in [5.74, 6) is -13.4. The van der Waals surface area contributed by atoms with Crippen molar-refractivity contribution in [3.63, 3.8) is 0 Å². The van der Waals surface area contributed by atoms with Crippen molar-refractivity contribution in [1.29, 1.82) is 0 Å². The second-order valence-electron chi connectivity index (χ2n) is 5.17. The Bertz CT molecular complexity index is 1090. The summed E-state index contributed by atoms with van der Waals surface area (Å²) in [5.41, 5.74) is -3.18. The van der Waals surface area contributed by atoms with Crippen molar-refractivity contribution < 1.29 is 31.1 Å². The van der Waals surface area contributed by atoms with Crippen LogP contribution in [-0.4, -0.2) is 4.98 Å². The van der Waals surface area contributed by atoms with Crippen LogP contribution in [0.2, 0.25) is 5.02 Å². The summed E-state index contributed by atoms with van der Waals surface area (Å²) in [4.78, 5) is 13.9. The normalized spacial score (nSPS) is 10.9. The van der Waals surface area contributed by atoms with Crippen LogP contribution in [0.5, 0.6) is 11.5 Å². The number of rotatable bonds is 3. The molecule has 0 amide bonds. The largest absolute Gasteiger partial charge is 0.450 e. The van der Waals surface area contributed by atoms with Crippen LogP contribution in [0, 0.1) is 34.9 Å². The molecule has 0 unspecified atom stereocenters. The molecule has 0 aliphatic rings. The number of pyridine rings is 1. The molecule has 0 bridgehead atoms. The van der Waals surface area contributed by atoms with Gasteiger partial charge in [-0.1, -0.05) is 11.6 Å². The fourth-order valence-corrected chi connectivity index (χ4v) is 2.43. The molecule has 3 nitrogen and oxygen atoms in total. The van der Waals surface area contributed by atoms with E-state index in [0.29, 0.717) is 12.1 Å². The van der Waals surface area contributed by atoms with Gasteiger partial charge in [-0.25, -0.2) is 26.3 Å². The highest BCUT2D eigenvalue weighted by Crippen LogP contribution is 2.38. The molecule has 0 fully saturated rings. The third-order valence-electron chi connectivity index (χ3n) is 3.50. The molecule has 0 aliphatic carbocycles. The van der Waals surface area contributed by atoms with Crippen molar-refractivity contribution in [2.24, 2.45) is 0 Å². The lowest BCUT2D eigenvalue weighted by Crippen LogP contribution is -2.08. The maximum atomic E-state index is 14.2. The summed E-state index contributed by atoms with van der Waals surface area (Å²) in [6, 6.07) is 3.79. The average Bonchev–Trinajstić information content (AvgIpc) is 2.63. The molecule has 1 aromatic heterocycles. The highest BCUT2D eigenvalue weighted by molar-refractivity contribution is 6.32. The van der Waals surface area contributed by atoms with Crippen LogP contribution in [0.15, 0.2) is 35.3 Å². The Balaban J connectivity index is 2.22. The summed E-state index contributed by atoms with van der Waals surface area (Å²) < 4.78 is 87.3. The van der Waals surface area contributed by atoms with Crippen molar-refractivity contribution in [2.75, 3.05) is 0 Å². The first kappa shape index (κ1) is 18.8. The Labute approximate surface area is 151 Å². The lowest BCUT2D eigenvalue weighted by Gasteiger charge is -2.13. The minimum absolute atomic E-state index is 0.297. The number of hydrogen-bond donors (Lipinski definition) is 1. The van der Waals surface area contributed by atoms with Crippen molar-refractivity contribution in [3.8, 4) is 22.6 Å². The van der Waals surface area contributed by atoms with Crippen LogP contribution in [-0.2, 0) is 0 Å². The van der Waals surface area contributed by atoms with E-state index in [-0.39, 0.29) is 5.75 Å². The van der Waals surface area contributed by atoms with E-state index in [1.807, 2.05) is 0 Å². The molecule has 10 heteroatoms. The van der Waals surface area contributed by atoms with Crippen molar-refractivity contribution in [1.82, 2.24) is 4.98 Å². The number of H-pyrrole nitrogens is 1. The predicted molar refractivity (Wildman–Crippen MR) is 83.8 cm³/mol. The first-order chi connectivity index (χ1) is 12.7. The molecule has 0 saturated carbocycles. The Hall–Kier alpha value is -2.94. The van der Waals surface area contributed by atoms with E-state index in [2.05, 4.69) is 4.98 Å². The molecular weight excluding hydrogens is 400 g/mol. The lowest BCUT2D eigenvalue weighted by molar-refractivity contribution is 0.381. The van der Waals surface area contributed by atoms with E-state index in [1.165, 1.54) is 18.3 Å². The van der Waals surface area contributed by atoms with Gasteiger partial charge in [0, 0.05) is 11.8 Å². The number of ether oxygens (including phenoxy) is 1. The molecule has 140 valence electrons. The fourth-order valence-electron chi connectivity index (χ4n) is 2.25. The van der Waals surface area contributed by atoms with Crippen LogP contribution in [0.4, 0.5) is 26.3 Å². The van der Waals surface area contributed by atoms with Gasteiger partial charge in [-0.2, -0.15) is 0 Å². The van der Waals surface area contributed by atoms with E-state index < -0.39 is 62.4 Å². The quantitative estimate of drug-likeness (QED) is 0.364. The van der Waals surface area contributed by atoms with Crippen LogP contribution in [0.3, 0.4) is 0 Å². The Morgan fingerprint density at radius 1 is 0.852 bits per heavy atom. The van der Waals surface area contributed by atoms with Gasteiger partial charge >= 0.3 is 0 Å². The molecule has 3 aromatic rings. The van der Waals surface area contributed by atoms with E-state index in [0.717, 1.165) is 0 Å². The van der Waals surface area contributed by atoms with E-state index in [4.69, 9.17) is 16.3 Å². The monoisotopic (exact) mass is 405 g/mol. The third-order valence-corrected chi connectivity index (χ3v) is 3.80. The van der Waals surface area contributed by atoms with Gasteiger partial charge in [0.15, 0.2) is 29.0 Å². The van der Waals surface area contributed by atoms with Gasteiger partial charge in [0.05, 0.1) is 10.6 Å². The highest BCUT2D eigenvalue weighted by Gasteiger charge is 2.29. The molecule has 0 aliphatic heterocycles. The molecule has 0 spiro atoms. The minimum Gasteiger partial charge on any atom is -0.450 e. The maximum absolute atomic E-state index is 14.2. The van der Waals surface area contributed by atoms with Crippen LogP contribution >= 0.6 is 11.6 Å². The van der Waals surface area contributed by atoms with Crippen molar-refractivity contribution in [2.45, 2.75) is 0 Å². The van der Waals surface area contributed by atoms with Crippen LogP contribution < -0.4 is 10.3 Å². The molecule has 0 radical (unpaired) electrons. The minimum atomic E-state index is -2.38. The number of benzene rings is 2. The molecular formula is C17H6ClF6NO2. The first-order valence-electron chi connectivity index (χ1n) is 7.08. The molecule has 1 N–H and O–H groups in total. The Morgan fingerprint density at radius 2 is 1.44 bits per heavy atom. The SMILES string of the molecule is O=c1[nH]cccc1Oc1cc(-c2c(F)c(F)c(F)c(F)c2F)c(F)cc1Cl. The number of aromatic amines is 1. The summed E-state index contributed by atoms with van der Waals surface area (Å²) in [5, 5.41) is -0.400. The molecule has 0 saturated heterocycles. The van der Waals surface area contributed by atoms with Gasteiger partial charge < -0.3 is 9.72 Å². The summed E-state index contributed by atoms with van der Waals surface area (Å²) >= 11 is 5.79. The smallest absolute Gasteiger partial charge is 0.290 e. The first-order valence-corrected chi connectivity index (χ1v) is 7.46. The average molecular weight is 406 g/mol. The van der Waals surface area contributed by atoms with Crippen molar-refractivity contribution in [3.05, 3.63) is 80.7 Å². The van der Waals surface area contributed by atoms with Gasteiger partial charge in [-0.3, -0.25) is 4.79 Å². The Kier molecular flexibility index (Phi) is 4.88. The zero-order chi connectivity index (χ0) is 19.9. The van der Waals surface area contributed by atoms with Crippen molar-refractivity contribution >= 4 is 11.6 Å². The molecule has 27 heavy (non-hydrogen) atoms. The predicted octanol–water partition coefficient (Wildman–Crippen LogP) is 5.32. The summed E-state index contributed by atoms with van der Waals surface area (Å²) in [7, 11) is 0. The summed E-state index contributed by atoms with van der Waals surface area (Å²) in [6.07, 6.45) is 1.29. The third kappa shape index (κ3) is 3.25. The standard InChI is InChI=1S/C17H6ClF6NO2/c18-7-5-8(19)6(4-10(7)27-9-2-1-3-25-17(9)26)11-12(20)14(22)16(24)15(23)13(11)21/h1-5H,(H,25,26). The number of aromatic nitrogens is 1. The number of halogens is 7. The maximum Gasteiger partial charge on any atom is 0.290 e. The topological polar surface area (TPSA) is 42.1 Å². The molecule has 2 aromatic carbocycles. The summed E-state index contributed by atoms with van der Waals surface area (Å²) in [6.45, 7) is 0. The second kappa shape index (κ2) is 6.99. The van der Waals surface area contributed by atoms with E-state index in [1.54, 1.807) is 0 Å². The van der Waals surface area contributed by atoms with Gasteiger partial charge in [-0.15, -0.1) is 0 Å². The van der Waals surface area contributed by atoms with Gasteiger partial charge in [0.2, 0.25) is 5.82 Å². The zero-order valence-electron chi connectivity index (χ0n) is 12.8. The van der Waals surface area contributed by atoms with Gasteiger partial charge in [-0.05, 0) is 24.3 Å². The van der Waals surface area contributed by atoms with Crippen LogP contribution in [0.1, 0.15) is 0 Å². The number of nitrogens with one attached hydrogen (secondary N) is 1. The highest BCUT2D eigenvalue weighted by atomic mass is 35.5. The number of hydrogen-bond acceptors (Lipinski definition) is 2. The molecule has 0 atom stereocenters. The van der Waals surface area contributed by atoms with Crippen LogP contribution in [0.25, 0.3) is 11.1 Å². The Morgan fingerprint density at radius 3 is 2.04 bits per heavy atom. The fraction of sp³-hybridized carbons (Fsp3) is 0. The second-order valence-corrected chi connectivity index (χ2v) is 5.58. The molecule has 3 rings (SSSR count). The van der Waals surface area contributed by atoms with E-state index in [9.17, 15) is 31.1 Å². The zero-order valence-corrected chi connectivity index (χ0v) is 13.6. The lowest BCUT2D eigenvalue weighted by atomic mass is 10.0. The molecule has 1 heterocycles. The van der Waals surface area contributed by atoms with Gasteiger partial charge in [0.1, 0.15) is 11.6 Å². The van der Waals surface area contributed by atoms with E-state index >= 15 is 0 Å². The van der Waals surface area contributed by atoms with Gasteiger partial charge in [0.25, 0.3) is 5.56 Å².